The molecule has 0 bridgehead atoms. The van der Waals surface area contributed by atoms with Crippen molar-refractivity contribution in [1.29, 1.82) is 0 Å². The van der Waals surface area contributed by atoms with Gasteiger partial charge in [-0.3, -0.25) is 4.79 Å². The third kappa shape index (κ3) is 7.47. The molecule has 2 heteroatoms. The zero-order valence-electron chi connectivity index (χ0n) is 7.35. The first kappa shape index (κ1) is 12.2. The van der Waals surface area contributed by atoms with Crippen LogP contribution in [-0.4, -0.2) is 11.1 Å². The summed E-state index contributed by atoms with van der Waals surface area (Å²) in [6.45, 7) is 8.00. The predicted molar refractivity (Wildman–Crippen MR) is 43.1 cm³/mol. The molecule has 0 unspecified atom stereocenters. The number of rotatable bonds is 1. The van der Waals surface area contributed by atoms with Gasteiger partial charge in [-0.2, -0.15) is 0 Å². The van der Waals surface area contributed by atoms with E-state index in [1.807, 2.05) is 27.7 Å². The van der Waals surface area contributed by atoms with Crippen molar-refractivity contribution in [3.05, 3.63) is 0 Å². The van der Waals surface area contributed by atoms with Gasteiger partial charge in [0, 0.05) is 0 Å². The smallest absolute Gasteiger partial charge is 0.306 e. The number of carboxylic acid groups (broad SMARTS) is 1. The molecule has 0 aromatic heterocycles. The van der Waals surface area contributed by atoms with Crippen LogP contribution in [0.5, 0.6) is 0 Å². The van der Waals surface area contributed by atoms with E-state index in [0.29, 0.717) is 0 Å². The molecule has 1 aliphatic rings. The maximum absolute atomic E-state index is 9.76. The summed E-state index contributed by atoms with van der Waals surface area (Å²) in [4.78, 5) is 9.76. The van der Waals surface area contributed by atoms with Crippen molar-refractivity contribution in [3.8, 4) is 0 Å². The van der Waals surface area contributed by atoms with Crippen molar-refractivity contribution in [2.24, 2.45) is 5.92 Å². The summed E-state index contributed by atoms with van der Waals surface area (Å²) in [7, 11) is 0. The molecule has 62 valence electrons. The maximum atomic E-state index is 9.76. The Morgan fingerprint density at radius 2 is 1.50 bits per heavy atom. The zero-order chi connectivity index (χ0) is 8.57. The van der Waals surface area contributed by atoms with E-state index in [1.165, 1.54) is 0 Å². The van der Waals surface area contributed by atoms with Gasteiger partial charge >= 0.3 is 5.97 Å². The Bertz CT molecular complexity index is 75.3. The summed E-state index contributed by atoms with van der Waals surface area (Å²) in [5.41, 5.74) is 0. The highest BCUT2D eigenvalue weighted by molar-refractivity contribution is 5.72. The molecule has 10 heavy (non-hydrogen) atoms. The molecule has 1 saturated carbocycles. The van der Waals surface area contributed by atoms with Crippen molar-refractivity contribution < 1.29 is 9.90 Å². The summed E-state index contributed by atoms with van der Waals surface area (Å²) in [6, 6.07) is 0. The fraction of sp³-hybridized carbons (Fsp3) is 0.875. The molecule has 1 N–H and O–H groups in total. The molecule has 0 spiro atoms. The van der Waals surface area contributed by atoms with E-state index in [0.717, 1.165) is 12.8 Å². The van der Waals surface area contributed by atoms with Gasteiger partial charge in [-0.15, -0.1) is 0 Å². The second-order valence-electron chi connectivity index (χ2n) is 1.61. The van der Waals surface area contributed by atoms with E-state index in [1.54, 1.807) is 0 Å². The van der Waals surface area contributed by atoms with Crippen LogP contribution >= 0.6 is 0 Å². The Balaban J connectivity index is 0. The lowest BCUT2D eigenvalue weighted by Gasteiger charge is -1.75. The molecule has 0 amide bonds. The first-order chi connectivity index (χ1) is 4.80. The minimum atomic E-state index is -0.630. The summed E-state index contributed by atoms with van der Waals surface area (Å²) in [6.07, 6.45) is 1.80. The van der Waals surface area contributed by atoms with E-state index in [4.69, 9.17) is 5.11 Å². The Morgan fingerprint density at radius 1 is 1.20 bits per heavy atom. The average Bonchev–Trinajstić information content (AvgIpc) is 2.78. The molecule has 1 aliphatic carbocycles. The highest BCUT2D eigenvalue weighted by Crippen LogP contribution is 2.28. The Labute approximate surface area is 63.3 Å². The van der Waals surface area contributed by atoms with Crippen LogP contribution in [0.3, 0.4) is 0 Å². The van der Waals surface area contributed by atoms with Gasteiger partial charge in [0.2, 0.25) is 0 Å². The lowest BCUT2D eigenvalue weighted by atomic mass is 10.5. The van der Waals surface area contributed by atoms with Crippen LogP contribution in [0.1, 0.15) is 40.5 Å². The molecule has 1 fully saturated rings. The maximum Gasteiger partial charge on any atom is 0.306 e. The highest BCUT2D eigenvalue weighted by Gasteiger charge is 2.28. The molecule has 0 saturated heterocycles. The van der Waals surface area contributed by atoms with Gasteiger partial charge in [-0.05, 0) is 12.8 Å². The van der Waals surface area contributed by atoms with E-state index in [2.05, 4.69) is 0 Å². The van der Waals surface area contributed by atoms with E-state index >= 15 is 0 Å². The topological polar surface area (TPSA) is 37.3 Å². The van der Waals surface area contributed by atoms with Crippen LogP contribution in [-0.2, 0) is 4.79 Å². The normalized spacial score (nSPS) is 13.6. The lowest BCUT2D eigenvalue weighted by Crippen LogP contribution is -1.94. The van der Waals surface area contributed by atoms with Gasteiger partial charge in [0.05, 0.1) is 5.92 Å². The standard InChI is InChI=1S/C4H6O2.2C2H6/c5-4(6)3-1-2-3;2*1-2/h3H,1-2H2,(H,5,6);2*1-2H3. The molecular weight excluding hydrogens is 128 g/mol. The second kappa shape index (κ2) is 8.47. The minimum Gasteiger partial charge on any atom is -0.481 e. The Hall–Kier alpha value is -0.530. The fourth-order valence-electron chi connectivity index (χ4n) is 0.330. The minimum absolute atomic E-state index is 0.0185. The number of aliphatic carboxylic acids is 1. The first-order valence-electron chi connectivity index (χ1n) is 4.03. The Kier molecular flexibility index (Phi) is 10.3. The van der Waals surface area contributed by atoms with Gasteiger partial charge in [0.25, 0.3) is 0 Å². The van der Waals surface area contributed by atoms with Crippen molar-refractivity contribution in [3.63, 3.8) is 0 Å². The van der Waals surface area contributed by atoms with Crippen molar-refractivity contribution in [2.75, 3.05) is 0 Å². The monoisotopic (exact) mass is 146 g/mol. The van der Waals surface area contributed by atoms with E-state index in [-0.39, 0.29) is 5.92 Å². The zero-order valence-corrected chi connectivity index (χ0v) is 7.35. The second-order valence-corrected chi connectivity index (χ2v) is 1.61. The summed E-state index contributed by atoms with van der Waals surface area (Å²) in [5.74, 6) is -0.611. The van der Waals surface area contributed by atoms with Crippen LogP contribution in [0.4, 0.5) is 0 Å². The molecule has 0 aliphatic heterocycles. The molecule has 0 atom stereocenters. The lowest BCUT2D eigenvalue weighted by molar-refractivity contribution is -0.138. The quantitative estimate of drug-likeness (QED) is 0.617. The van der Waals surface area contributed by atoms with Crippen LogP contribution < -0.4 is 0 Å². The van der Waals surface area contributed by atoms with Gasteiger partial charge in [0.15, 0.2) is 0 Å². The molecule has 0 aromatic rings. The molecule has 2 nitrogen and oxygen atoms in total. The predicted octanol–water partition coefficient (Wildman–Crippen LogP) is 2.53. The van der Waals surface area contributed by atoms with E-state index in [9.17, 15) is 4.79 Å². The summed E-state index contributed by atoms with van der Waals surface area (Å²) >= 11 is 0. The van der Waals surface area contributed by atoms with Gasteiger partial charge in [-0.1, -0.05) is 27.7 Å². The third-order valence-electron chi connectivity index (χ3n) is 0.927. The molecule has 0 aromatic carbocycles. The summed E-state index contributed by atoms with van der Waals surface area (Å²) < 4.78 is 0. The van der Waals surface area contributed by atoms with Crippen LogP contribution in [0.25, 0.3) is 0 Å². The van der Waals surface area contributed by atoms with Gasteiger partial charge in [-0.25, -0.2) is 0 Å². The first-order valence-corrected chi connectivity index (χ1v) is 4.03. The SMILES string of the molecule is CC.CC.O=C(O)C1CC1. The number of carboxylic acids is 1. The van der Waals surface area contributed by atoms with E-state index < -0.39 is 5.97 Å². The number of hydrogen-bond donors (Lipinski definition) is 1. The third-order valence-corrected chi connectivity index (χ3v) is 0.927. The molecular formula is C8H18O2. The average molecular weight is 146 g/mol. The van der Waals surface area contributed by atoms with Crippen LogP contribution in [0, 0.1) is 5.92 Å². The molecule has 1 rings (SSSR count). The molecule has 0 heterocycles. The van der Waals surface area contributed by atoms with Crippen molar-refractivity contribution in [1.82, 2.24) is 0 Å². The van der Waals surface area contributed by atoms with Gasteiger partial charge in [0.1, 0.15) is 0 Å². The van der Waals surface area contributed by atoms with Crippen molar-refractivity contribution in [2.45, 2.75) is 40.5 Å². The number of carbonyl (C=O) groups is 1. The fourth-order valence-corrected chi connectivity index (χ4v) is 0.330. The van der Waals surface area contributed by atoms with Gasteiger partial charge < -0.3 is 5.11 Å². The number of hydrogen-bond acceptors (Lipinski definition) is 1. The van der Waals surface area contributed by atoms with Crippen molar-refractivity contribution >= 4 is 5.97 Å². The molecule has 0 radical (unpaired) electrons. The summed E-state index contributed by atoms with van der Waals surface area (Å²) in [5, 5.41) is 8.05. The van der Waals surface area contributed by atoms with Crippen LogP contribution in [0.15, 0.2) is 0 Å². The van der Waals surface area contributed by atoms with Crippen LogP contribution in [0.2, 0.25) is 0 Å². The Morgan fingerprint density at radius 3 is 1.50 bits per heavy atom. The highest BCUT2D eigenvalue weighted by atomic mass is 16.4. The largest absolute Gasteiger partial charge is 0.481 e.